The molecule has 3 fully saturated rings. The largest absolute Gasteiger partial charge is 0.339 e. The monoisotopic (exact) mass is 489 g/mol. The lowest BCUT2D eigenvalue weighted by Crippen LogP contribution is -2.50. The van der Waals surface area contributed by atoms with Gasteiger partial charge in [-0.25, -0.2) is 8.42 Å². The van der Waals surface area contributed by atoms with E-state index in [9.17, 15) is 18.0 Å². The fourth-order valence-corrected chi connectivity index (χ4v) is 6.98. The molecule has 0 unspecified atom stereocenters. The number of hydrogen-bond donors (Lipinski definition) is 0. The second-order valence-electron chi connectivity index (χ2n) is 10.1. The van der Waals surface area contributed by atoms with Crippen molar-refractivity contribution in [2.75, 3.05) is 39.3 Å². The van der Waals surface area contributed by atoms with Crippen molar-refractivity contribution in [1.29, 1.82) is 0 Å². The minimum atomic E-state index is -3.44. The highest BCUT2D eigenvalue weighted by atomic mass is 32.2. The number of benzene rings is 1. The molecular formula is C26H39N3O4S. The standard InChI is InChI=1S/C26H39N3O4S/c30-25(27-17-19-28(20-18-27)26(31)21-23-7-3-4-8-23)14-11-22-9-12-24(13-10-22)34(32,33)29-15-5-1-2-6-16-29/h9-10,12-13,23H,1-8,11,14-21H2. The van der Waals surface area contributed by atoms with Gasteiger partial charge in [0.2, 0.25) is 21.8 Å². The Bertz CT molecular complexity index is 925. The van der Waals surface area contributed by atoms with E-state index < -0.39 is 10.0 Å². The number of carbonyl (C=O) groups excluding carboxylic acids is 2. The van der Waals surface area contributed by atoms with Crippen LogP contribution < -0.4 is 0 Å². The lowest BCUT2D eigenvalue weighted by atomic mass is 10.0. The number of nitrogens with zero attached hydrogens (tertiary/aromatic N) is 3. The number of amides is 2. The van der Waals surface area contributed by atoms with E-state index in [0.717, 1.165) is 31.2 Å². The Morgan fingerprint density at radius 1 is 0.735 bits per heavy atom. The average Bonchev–Trinajstić information content (AvgIpc) is 3.20. The van der Waals surface area contributed by atoms with Gasteiger partial charge in [-0.3, -0.25) is 9.59 Å². The number of carbonyl (C=O) groups is 2. The molecule has 0 spiro atoms. The van der Waals surface area contributed by atoms with Crippen molar-refractivity contribution in [2.24, 2.45) is 5.92 Å². The van der Waals surface area contributed by atoms with E-state index >= 15 is 0 Å². The first-order chi connectivity index (χ1) is 16.4. The molecule has 2 heterocycles. The molecule has 1 aliphatic carbocycles. The first kappa shape index (κ1) is 25.2. The minimum Gasteiger partial charge on any atom is -0.339 e. The van der Waals surface area contributed by atoms with Gasteiger partial charge in [0.25, 0.3) is 0 Å². The summed E-state index contributed by atoms with van der Waals surface area (Å²) in [5.74, 6) is 0.899. The van der Waals surface area contributed by atoms with Crippen molar-refractivity contribution >= 4 is 21.8 Å². The van der Waals surface area contributed by atoms with Crippen molar-refractivity contribution in [3.8, 4) is 0 Å². The van der Waals surface area contributed by atoms with Gasteiger partial charge in [0.05, 0.1) is 4.90 Å². The summed E-state index contributed by atoms with van der Waals surface area (Å²) >= 11 is 0. The molecular weight excluding hydrogens is 450 g/mol. The zero-order valence-corrected chi connectivity index (χ0v) is 21.1. The van der Waals surface area contributed by atoms with Crippen LogP contribution in [0.1, 0.15) is 69.8 Å². The molecule has 0 atom stereocenters. The van der Waals surface area contributed by atoms with E-state index in [-0.39, 0.29) is 11.8 Å². The van der Waals surface area contributed by atoms with Crippen molar-refractivity contribution in [3.05, 3.63) is 29.8 Å². The maximum Gasteiger partial charge on any atom is 0.243 e. The highest BCUT2D eigenvalue weighted by molar-refractivity contribution is 7.89. The molecule has 4 rings (SSSR count). The first-order valence-electron chi connectivity index (χ1n) is 13.1. The minimum absolute atomic E-state index is 0.101. The molecule has 7 nitrogen and oxygen atoms in total. The van der Waals surface area contributed by atoms with Crippen molar-refractivity contribution < 1.29 is 18.0 Å². The third kappa shape index (κ3) is 6.39. The second-order valence-corrected chi connectivity index (χ2v) is 12.0. The summed E-state index contributed by atoms with van der Waals surface area (Å²) in [6, 6.07) is 7.01. The van der Waals surface area contributed by atoms with Gasteiger partial charge >= 0.3 is 0 Å². The summed E-state index contributed by atoms with van der Waals surface area (Å²) < 4.78 is 27.5. The van der Waals surface area contributed by atoms with Crippen LogP contribution in [0.5, 0.6) is 0 Å². The van der Waals surface area contributed by atoms with Crippen molar-refractivity contribution in [3.63, 3.8) is 0 Å². The van der Waals surface area contributed by atoms with Crippen LogP contribution >= 0.6 is 0 Å². The SMILES string of the molecule is O=C(CCc1ccc(S(=O)(=O)N2CCCCCC2)cc1)N1CCN(C(=O)CC2CCCC2)CC1. The van der Waals surface area contributed by atoms with E-state index in [1.807, 2.05) is 21.9 Å². The molecule has 2 saturated heterocycles. The van der Waals surface area contributed by atoms with E-state index in [4.69, 9.17) is 0 Å². The van der Waals surface area contributed by atoms with E-state index in [2.05, 4.69) is 0 Å². The van der Waals surface area contributed by atoms with Crippen LogP contribution in [0.15, 0.2) is 29.2 Å². The Kier molecular flexibility index (Phi) is 8.64. The zero-order valence-electron chi connectivity index (χ0n) is 20.3. The van der Waals surface area contributed by atoms with Crippen LogP contribution in [0.3, 0.4) is 0 Å². The Morgan fingerprint density at radius 2 is 1.29 bits per heavy atom. The van der Waals surface area contributed by atoms with E-state index in [1.54, 1.807) is 16.4 Å². The maximum atomic E-state index is 12.9. The van der Waals surface area contributed by atoms with Gasteiger partial charge in [-0.2, -0.15) is 4.31 Å². The fourth-order valence-electron chi connectivity index (χ4n) is 5.46. The van der Waals surface area contributed by atoms with Gasteiger partial charge in [0.1, 0.15) is 0 Å². The van der Waals surface area contributed by atoms with Crippen LogP contribution in [0, 0.1) is 5.92 Å². The summed E-state index contributed by atoms with van der Waals surface area (Å²) in [6.45, 7) is 3.64. The Morgan fingerprint density at radius 3 is 1.88 bits per heavy atom. The van der Waals surface area contributed by atoms with Crippen LogP contribution in [0.2, 0.25) is 0 Å². The highest BCUT2D eigenvalue weighted by Crippen LogP contribution is 2.28. The fraction of sp³-hybridized carbons (Fsp3) is 0.692. The smallest absolute Gasteiger partial charge is 0.243 e. The maximum absolute atomic E-state index is 12.9. The van der Waals surface area contributed by atoms with Gasteiger partial charge in [0.15, 0.2) is 0 Å². The third-order valence-electron chi connectivity index (χ3n) is 7.68. The highest BCUT2D eigenvalue weighted by Gasteiger charge is 2.27. The first-order valence-corrected chi connectivity index (χ1v) is 14.5. The molecule has 2 amide bonds. The molecule has 3 aliphatic rings. The number of hydrogen-bond acceptors (Lipinski definition) is 4. The summed E-state index contributed by atoms with van der Waals surface area (Å²) in [5.41, 5.74) is 0.966. The molecule has 0 bridgehead atoms. The number of aryl methyl sites for hydroxylation is 1. The Labute approximate surface area is 204 Å². The molecule has 188 valence electrons. The molecule has 34 heavy (non-hydrogen) atoms. The van der Waals surface area contributed by atoms with E-state index in [0.29, 0.717) is 69.3 Å². The Balaban J connectivity index is 1.22. The van der Waals surface area contributed by atoms with Crippen LogP contribution in [-0.4, -0.2) is 73.6 Å². The number of rotatable bonds is 7. The van der Waals surface area contributed by atoms with Crippen LogP contribution in [0.25, 0.3) is 0 Å². The van der Waals surface area contributed by atoms with Gasteiger partial charge in [-0.15, -0.1) is 0 Å². The molecule has 0 aromatic heterocycles. The van der Waals surface area contributed by atoms with Crippen molar-refractivity contribution in [1.82, 2.24) is 14.1 Å². The summed E-state index contributed by atoms with van der Waals surface area (Å²) in [7, 11) is -3.44. The second kappa shape index (κ2) is 11.7. The van der Waals surface area contributed by atoms with Gasteiger partial charge < -0.3 is 9.80 Å². The van der Waals surface area contributed by atoms with Gasteiger partial charge in [0, 0.05) is 52.1 Å². The summed E-state index contributed by atoms with van der Waals surface area (Å²) in [5, 5.41) is 0. The lowest BCUT2D eigenvalue weighted by molar-refractivity contribution is -0.140. The molecule has 0 N–H and O–H groups in total. The van der Waals surface area contributed by atoms with Crippen LogP contribution in [0.4, 0.5) is 0 Å². The predicted octanol–water partition coefficient (Wildman–Crippen LogP) is 3.44. The topological polar surface area (TPSA) is 78.0 Å². The lowest BCUT2D eigenvalue weighted by Gasteiger charge is -2.35. The zero-order chi connectivity index (χ0) is 24.0. The normalized spacial score (nSPS) is 20.9. The number of piperazine rings is 1. The quantitative estimate of drug-likeness (QED) is 0.588. The Hall–Kier alpha value is -1.93. The summed E-state index contributed by atoms with van der Waals surface area (Å²) in [6.07, 6.45) is 10.5. The predicted molar refractivity (Wildman–Crippen MR) is 132 cm³/mol. The third-order valence-corrected chi connectivity index (χ3v) is 9.59. The molecule has 2 aliphatic heterocycles. The molecule has 1 aromatic carbocycles. The van der Waals surface area contributed by atoms with Gasteiger partial charge in [-0.1, -0.05) is 37.8 Å². The molecule has 1 saturated carbocycles. The summed E-state index contributed by atoms with van der Waals surface area (Å²) in [4.78, 5) is 29.4. The average molecular weight is 490 g/mol. The van der Waals surface area contributed by atoms with Crippen LogP contribution in [-0.2, 0) is 26.0 Å². The van der Waals surface area contributed by atoms with E-state index in [1.165, 1.54) is 25.7 Å². The van der Waals surface area contributed by atoms with Gasteiger partial charge in [-0.05, 0) is 55.7 Å². The number of sulfonamides is 1. The molecule has 0 radical (unpaired) electrons. The molecule has 1 aromatic rings. The van der Waals surface area contributed by atoms with Crippen molar-refractivity contribution in [2.45, 2.75) is 75.5 Å². The molecule has 8 heteroatoms.